The Morgan fingerprint density at radius 1 is 0.875 bits per heavy atom. The molecule has 1 saturated carbocycles. The lowest BCUT2D eigenvalue weighted by atomic mass is 9.73. The number of carbonyl (C=O) groups excluding carboxylic acids is 2. The molecule has 1 aliphatic rings. The predicted molar refractivity (Wildman–Crippen MR) is 62.2 cm³/mol. The molecular formula is C12H18N2O2. The first-order chi connectivity index (χ1) is 7.54. The molecule has 0 radical (unpaired) electrons. The number of rotatable bonds is 4. The number of carbonyl (C=O) groups is 2. The van der Waals surface area contributed by atoms with Crippen molar-refractivity contribution >= 4 is 11.8 Å². The van der Waals surface area contributed by atoms with Crippen molar-refractivity contribution in [2.24, 2.45) is 16.9 Å². The molecule has 4 heteroatoms. The van der Waals surface area contributed by atoms with Gasteiger partial charge in [-0.05, 0) is 25.0 Å². The first-order valence-corrected chi connectivity index (χ1v) is 5.51. The van der Waals surface area contributed by atoms with Crippen molar-refractivity contribution in [1.82, 2.24) is 0 Å². The first kappa shape index (κ1) is 12.5. The molecule has 0 spiro atoms. The maximum atomic E-state index is 10.7. The van der Waals surface area contributed by atoms with E-state index in [-0.39, 0.29) is 5.41 Å². The van der Waals surface area contributed by atoms with Gasteiger partial charge in [-0.15, -0.1) is 0 Å². The summed E-state index contributed by atoms with van der Waals surface area (Å²) < 4.78 is 0. The van der Waals surface area contributed by atoms with Crippen LogP contribution in [0.5, 0.6) is 0 Å². The molecule has 16 heavy (non-hydrogen) atoms. The van der Waals surface area contributed by atoms with Gasteiger partial charge < -0.3 is 11.5 Å². The Hall–Kier alpha value is -1.58. The Bertz CT molecular complexity index is 300. The highest BCUT2D eigenvalue weighted by Gasteiger charge is 2.26. The third kappa shape index (κ3) is 3.88. The highest BCUT2D eigenvalue weighted by molar-refractivity contribution is 5.87. The van der Waals surface area contributed by atoms with Crippen LogP contribution in [-0.2, 0) is 9.59 Å². The number of allylic oxidation sites excluding steroid dienone is 2. The highest BCUT2D eigenvalue weighted by Crippen LogP contribution is 2.38. The third-order valence-corrected chi connectivity index (χ3v) is 2.94. The van der Waals surface area contributed by atoms with Gasteiger partial charge >= 0.3 is 0 Å². The van der Waals surface area contributed by atoms with E-state index >= 15 is 0 Å². The van der Waals surface area contributed by atoms with Crippen LogP contribution in [0, 0.1) is 5.41 Å². The second-order valence-corrected chi connectivity index (χ2v) is 4.27. The SMILES string of the molecule is NC(=O)C=CC1(C=CC(N)=O)CCCCC1. The molecule has 0 aromatic heterocycles. The van der Waals surface area contributed by atoms with Gasteiger partial charge in [0.15, 0.2) is 0 Å². The quantitative estimate of drug-likeness (QED) is 0.696. The van der Waals surface area contributed by atoms with Gasteiger partial charge in [-0.2, -0.15) is 0 Å². The Labute approximate surface area is 95.4 Å². The standard InChI is InChI=1S/C12H18N2O2/c13-10(15)4-8-12(9-5-11(14)16)6-2-1-3-7-12/h4-5,8-9H,1-3,6-7H2,(H2,13,15)(H2,14,16). The highest BCUT2D eigenvalue weighted by atomic mass is 16.1. The van der Waals surface area contributed by atoms with Crippen LogP contribution in [0.2, 0.25) is 0 Å². The number of amides is 2. The summed E-state index contributed by atoms with van der Waals surface area (Å²) in [6, 6.07) is 0. The van der Waals surface area contributed by atoms with Crippen LogP contribution < -0.4 is 11.5 Å². The smallest absolute Gasteiger partial charge is 0.241 e. The Morgan fingerprint density at radius 2 is 1.31 bits per heavy atom. The van der Waals surface area contributed by atoms with E-state index in [0.29, 0.717) is 0 Å². The lowest BCUT2D eigenvalue weighted by molar-refractivity contribution is -0.114. The molecule has 0 aromatic carbocycles. The molecule has 4 N–H and O–H groups in total. The van der Waals surface area contributed by atoms with Crippen LogP contribution in [0.3, 0.4) is 0 Å². The van der Waals surface area contributed by atoms with Crippen molar-refractivity contribution in [3.63, 3.8) is 0 Å². The fourth-order valence-electron chi connectivity index (χ4n) is 2.10. The average Bonchev–Trinajstić information content (AvgIpc) is 2.25. The molecule has 1 rings (SSSR count). The van der Waals surface area contributed by atoms with Crippen molar-refractivity contribution in [2.75, 3.05) is 0 Å². The van der Waals surface area contributed by atoms with Crippen LogP contribution >= 0.6 is 0 Å². The minimum Gasteiger partial charge on any atom is -0.366 e. The molecule has 1 aliphatic carbocycles. The monoisotopic (exact) mass is 222 g/mol. The zero-order valence-electron chi connectivity index (χ0n) is 9.32. The van der Waals surface area contributed by atoms with Crippen LogP contribution in [0.15, 0.2) is 24.3 Å². The first-order valence-electron chi connectivity index (χ1n) is 5.51. The van der Waals surface area contributed by atoms with Crippen molar-refractivity contribution in [2.45, 2.75) is 32.1 Å². The van der Waals surface area contributed by atoms with E-state index in [1.54, 1.807) is 12.2 Å². The van der Waals surface area contributed by atoms with E-state index in [0.717, 1.165) is 25.7 Å². The van der Waals surface area contributed by atoms with Crippen LogP contribution in [0.25, 0.3) is 0 Å². The van der Waals surface area contributed by atoms with Crippen molar-refractivity contribution in [3.05, 3.63) is 24.3 Å². The van der Waals surface area contributed by atoms with Gasteiger partial charge in [-0.1, -0.05) is 31.4 Å². The van der Waals surface area contributed by atoms with Gasteiger partial charge in [-0.25, -0.2) is 0 Å². The van der Waals surface area contributed by atoms with E-state index in [1.165, 1.54) is 18.6 Å². The van der Waals surface area contributed by atoms with Crippen molar-refractivity contribution < 1.29 is 9.59 Å². The lowest BCUT2D eigenvalue weighted by Gasteiger charge is -2.31. The summed E-state index contributed by atoms with van der Waals surface area (Å²) in [4.78, 5) is 21.5. The normalized spacial score (nSPS) is 20.2. The van der Waals surface area contributed by atoms with Crippen molar-refractivity contribution in [3.8, 4) is 0 Å². The molecule has 0 heterocycles. The second-order valence-electron chi connectivity index (χ2n) is 4.27. The Morgan fingerprint density at radius 3 is 1.69 bits per heavy atom. The molecular weight excluding hydrogens is 204 g/mol. The maximum absolute atomic E-state index is 10.7. The van der Waals surface area contributed by atoms with Gasteiger partial charge in [0, 0.05) is 5.41 Å². The van der Waals surface area contributed by atoms with E-state index in [4.69, 9.17) is 11.5 Å². The summed E-state index contributed by atoms with van der Waals surface area (Å²) >= 11 is 0. The minimum absolute atomic E-state index is 0.220. The number of nitrogens with two attached hydrogens (primary N) is 2. The van der Waals surface area contributed by atoms with Gasteiger partial charge in [0.1, 0.15) is 0 Å². The molecule has 0 aromatic rings. The number of primary amides is 2. The summed E-state index contributed by atoms with van der Waals surface area (Å²) in [5.41, 5.74) is 9.95. The molecule has 4 nitrogen and oxygen atoms in total. The summed E-state index contributed by atoms with van der Waals surface area (Å²) in [5, 5.41) is 0. The number of hydrogen-bond acceptors (Lipinski definition) is 2. The maximum Gasteiger partial charge on any atom is 0.241 e. The van der Waals surface area contributed by atoms with Gasteiger partial charge in [0.2, 0.25) is 11.8 Å². The topological polar surface area (TPSA) is 86.2 Å². The van der Waals surface area contributed by atoms with Gasteiger partial charge in [0.25, 0.3) is 0 Å². The zero-order valence-corrected chi connectivity index (χ0v) is 9.32. The van der Waals surface area contributed by atoms with E-state index in [2.05, 4.69) is 0 Å². The minimum atomic E-state index is -0.461. The van der Waals surface area contributed by atoms with Crippen LogP contribution in [-0.4, -0.2) is 11.8 Å². The molecule has 0 unspecified atom stereocenters. The summed E-state index contributed by atoms with van der Waals surface area (Å²) in [5.74, 6) is -0.921. The molecule has 1 fully saturated rings. The third-order valence-electron chi connectivity index (χ3n) is 2.94. The fraction of sp³-hybridized carbons (Fsp3) is 0.500. The van der Waals surface area contributed by atoms with Crippen LogP contribution in [0.1, 0.15) is 32.1 Å². The predicted octanol–water partition coefficient (Wildman–Crippen LogP) is 1.02. The molecule has 0 bridgehead atoms. The fourth-order valence-corrected chi connectivity index (χ4v) is 2.10. The molecule has 0 saturated heterocycles. The Balaban J connectivity index is 2.82. The molecule has 0 atom stereocenters. The molecule has 0 aliphatic heterocycles. The van der Waals surface area contributed by atoms with E-state index in [1.807, 2.05) is 0 Å². The van der Waals surface area contributed by atoms with Gasteiger partial charge in [-0.3, -0.25) is 9.59 Å². The van der Waals surface area contributed by atoms with E-state index in [9.17, 15) is 9.59 Å². The van der Waals surface area contributed by atoms with Gasteiger partial charge in [0.05, 0.1) is 0 Å². The summed E-state index contributed by atoms with van der Waals surface area (Å²) in [6.45, 7) is 0. The summed E-state index contributed by atoms with van der Waals surface area (Å²) in [7, 11) is 0. The lowest BCUT2D eigenvalue weighted by Crippen LogP contribution is -2.21. The van der Waals surface area contributed by atoms with Crippen molar-refractivity contribution in [1.29, 1.82) is 0 Å². The molecule has 2 amide bonds. The van der Waals surface area contributed by atoms with E-state index < -0.39 is 11.8 Å². The molecule has 88 valence electrons. The second kappa shape index (κ2) is 5.49. The number of hydrogen-bond donors (Lipinski definition) is 2. The average molecular weight is 222 g/mol. The largest absolute Gasteiger partial charge is 0.366 e. The zero-order chi connectivity index (χ0) is 12.0. The Kier molecular flexibility index (Phi) is 4.28. The van der Waals surface area contributed by atoms with Crippen LogP contribution in [0.4, 0.5) is 0 Å². The summed E-state index contributed by atoms with van der Waals surface area (Å²) in [6.07, 6.45) is 11.6.